The number of amides is 1. The quantitative estimate of drug-likeness (QED) is 0.669. The summed E-state index contributed by atoms with van der Waals surface area (Å²) in [6.45, 7) is 5.72. The van der Waals surface area contributed by atoms with Crippen LogP contribution in [-0.2, 0) is 4.79 Å². The predicted molar refractivity (Wildman–Crippen MR) is 62.0 cm³/mol. The van der Waals surface area contributed by atoms with Crippen LogP contribution < -0.4 is 11.1 Å². The highest BCUT2D eigenvalue weighted by Crippen LogP contribution is 2.35. The fourth-order valence-electron chi connectivity index (χ4n) is 2.56. The molecule has 0 aromatic carbocycles. The average Bonchev–Trinajstić information content (AvgIpc) is 2.76. The lowest BCUT2D eigenvalue weighted by Gasteiger charge is -2.23. The second-order valence-electron chi connectivity index (χ2n) is 4.73. The molecule has 2 unspecified atom stereocenters. The number of hydrogen-bond acceptors (Lipinski definition) is 3. The van der Waals surface area contributed by atoms with Crippen LogP contribution in [0.5, 0.6) is 0 Å². The summed E-state index contributed by atoms with van der Waals surface area (Å²) >= 11 is 0. The first kappa shape index (κ1) is 12.7. The fourth-order valence-corrected chi connectivity index (χ4v) is 2.56. The summed E-state index contributed by atoms with van der Waals surface area (Å²) in [5.74, 6) is 0.105. The number of rotatable bonds is 1. The summed E-state index contributed by atoms with van der Waals surface area (Å²) in [6, 6.07) is -0.348. The van der Waals surface area contributed by atoms with Gasteiger partial charge in [0.2, 0.25) is 5.91 Å². The third-order valence-electron chi connectivity index (χ3n) is 3.47. The van der Waals surface area contributed by atoms with E-state index in [9.17, 15) is 4.79 Å². The number of hydrogen-bond donors (Lipinski definition) is 2. The molecule has 4 nitrogen and oxygen atoms in total. The largest absolute Gasteiger partial charge is 0.341 e. The van der Waals surface area contributed by atoms with Crippen molar-refractivity contribution in [3.05, 3.63) is 0 Å². The van der Waals surface area contributed by atoms with Gasteiger partial charge < -0.3 is 16.0 Å². The minimum absolute atomic E-state index is 0. The van der Waals surface area contributed by atoms with Gasteiger partial charge in [-0.2, -0.15) is 0 Å². The summed E-state index contributed by atoms with van der Waals surface area (Å²) in [7, 11) is 0. The van der Waals surface area contributed by atoms with Crippen LogP contribution in [0.1, 0.15) is 19.8 Å². The predicted octanol–water partition coefficient (Wildman–Crippen LogP) is -0.0326. The van der Waals surface area contributed by atoms with Gasteiger partial charge in [-0.05, 0) is 26.3 Å². The Balaban J connectivity index is 0.00000112. The summed E-state index contributed by atoms with van der Waals surface area (Å²) in [5, 5.41) is 3.37. The molecule has 1 spiro atoms. The maximum Gasteiger partial charge on any atom is 0.239 e. The smallest absolute Gasteiger partial charge is 0.239 e. The molecule has 0 radical (unpaired) electrons. The summed E-state index contributed by atoms with van der Waals surface area (Å²) < 4.78 is 0. The van der Waals surface area contributed by atoms with Crippen LogP contribution in [-0.4, -0.2) is 43.0 Å². The Morgan fingerprint density at radius 1 is 1.53 bits per heavy atom. The Morgan fingerprint density at radius 3 is 2.80 bits per heavy atom. The van der Waals surface area contributed by atoms with E-state index < -0.39 is 0 Å². The number of nitrogens with two attached hydrogens (primary N) is 1. The van der Waals surface area contributed by atoms with Crippen molar-refractivity contribution in [3.63, 3.8) is 0 Å². The van der Waals surface area contributed by atoms with Crippen molar-refractivity contribution in [1.82, 2.24) is 10.2 Å². The standard InChI is InChI=1S/C10H19N3O.ClH/c1-8(11)9(14)13-5-3-10(7-13)2-4-12-6-10;/h8,12H,2-7,11H2,1H3;1H. The number of nitrogens with zero attached hydrogens (tertiary/aromatic N) is 1. The molecule has 2 saturated heterocycles. The van der Waals surface area contributed by atoms with Crippen molar-refractivity contribution in [2.75, 3.05) is 26.2 Å². The maximum atomic E-state index is 11.7. The van der Waals surface area contributed by atoms with E-state index in [-0.39, 0.29) is 24.4 Å². The van der Waals surface area contributed by atoms with Gasteiger partial charge in [0.15, 0.2) is 0 Å². The molecular formula is C10H20ClN3O. The third-order valence-corrected chi connectivity index (χ3v) is 3.47. The lowest BCUT2D eigenvalue weighted by atomic mass is 9.86. The molecule has 2 heterocycles. The summed E-state index contributed by atoms with van der Waals surface area (Å²) in [5.41, 5.74) is 5.96. The molecule has 0 saturated carbocycles. The van der Waals surface area contributed by atoms with Crippen molar-refractivity contribution < 1.29 is 4.79 Å². The number of halogens is 1. The first-order valence-corrected chi connectivity index (χ1v) is 5.38. The van der Waals surface area contributed by atoms with Gasteiger partial charge >= 0.3 is 0 Å². The second kappa shape index (κ2) is 4.68. The van der Waals surface area contributed by atoms with Crippen molar-refractivity contribution in [2.24, 2.45) is 11.1 Å². The molecule has 2 rings (SSSR count). The van der Waals surface area contributed by atoms with Gasteiger partial charge in [0.25, 0.3) is 0 Å². The van der Waals surface area contributed by atoms with Crippen molar-refractivity contribution in [3.8, 4) is 0 Å². The van der Waals surface area contributed by atoms with E-state index in [0.717, 1.165) is 32.6 Å². The monoisotopic (exact) mass is 233 g/mol. The fraction of sp³-hybridized carbons (Fsp3) is 0.900. The van der Waals surface area contributed by atoms with E-state index in [4.69, 9.17) is 5.73 Å². The minimum Gasteiger partial charge on any atom is -0.341 e. The third kappa shape index (κ3) is 2.44. The van der Waals surface area contributed by atoms with Gasteiger partial charge in [0.1, 0.15) is 0 Å². The average molecular weight is 234 g/mol. The normalized spacial score (nSPS) is 31.7. The second-order valence-corrected chi connectivity index (χ2v) is 4.73. The SMILES string of the molecule is CC(N)C(=O)N1CCC2(CCNC2)C1.Cl. The van der Waals surface area contributed by atoms with E-state index in [0.29, 0.717) is 5.41 Å². The Hall–Kier alpha value is -0.320. The molecular weight excluding hydrogens is 214 g/mol. The van der Waals surface area contributed by atoms with E-state index in [1.54, 1.807) is 6.92 Å². The van der Waals surface area contributed by atoms with E-state index in [1.807, 2.05) is 4.90 Å². The van der Waals surface area contributed by atoms with Gasteiger partial charge in [-0.1, -0.05) is 0 Å². The first-order chi connectivity index (χ1) is 6.63. The van der Waals surface area contributed by atoms with E-state index >= 15 is 0 Å². The molecule has 2 atom stereocenters. The Morgan fingerprint density at radius 2 is 2.27 bits per heavy atom. The molecule has 15 heavy (non-hydrogen) atoms. The van der Waals surface area contributed by atoms with E-state index in [1.165, 1.54) is 6.42 Å². The number of nitrogens with one attached hydrogen (secondary N) is 1. The van der Waals surface area contributed by atoms with Gasteiger partial charge in [0, 0.05) is 25.0 Å². The summed E-state index contributed by atoms with van der Waals surface area (Å²) in [4.78, 5) is 13.6. The zero-order chi connectivity index (χ0) is 10.2. The topological polar surface area (TPSA) is 58.4 Å². The van der Waals surface area contributed by atoms with E-state index in [2.05, 4.69) is 5.32 Å². The molecule has 0 bridgehead atoms. The highest BCUT2D eigenvalue weighted by atomic mass is 35.5. The maximum absolute atomic E-state index is 11.7. The lowest BCUT2D eigenvalue weighted by Crippen LogP contribution is -2.42. The Bertz CT molecular complexity index is 239. The van der Waals surface area contributed by atoms with Gasteiger partial charge in [-0.15, -0.1) is 12.4 Å². The van der Waals surface area contributed by atoms with Crippen LogP contribution in [0.2, 0.25) is 0 Å². The lowest BCUT2D eigenvalue weighted by molar-refractivity contribution is -0.131. The molecule has 2 aliphatic rings. The molecule has 0 aromatic heterocycles. The molecule has 88 valence electrons. The van der Waals surface area contributed by atoms with Crippen molar-refractivity contribution >= 4 is 18.3 Å². The zero-order valence-corrected chi connectivity index (χ0v) is 9.98. The van der Waals surface area contributed by atoms with Crippen LogP contribution in [0, 0.1) is 5.41 Å². The molecule has 0 aliphatic carbocycles. The Labute approximate surface area is 97.0 Å². The Kier molecular flexibility index (Phi) is 3.98. The first-order valence-electron chi connectivity index (χ1n) is 5.38. The number of likely N-dealkylation sites (tertiary alicyclic amines) is 1. The highest BCUT2D eigenvalue weighted by molar-refractivity contribution is 5.85. The minimum atomic E-state index is -0.348. The van der Waals surface area contributed by atoms with Crippen LogP contribution in [0.15, 0.2) is 0 Å². The molecule has 3 N–H and O–H groups in total. The molecule has 1 amide bonds. The molecule has 2 aliphatic heterocycles. The van der Waals surface area contributed by atoms with Crippen LogP contribution >= 0.6 is 12.4 Å². The molecule has 5 heteroatoms. The van der Waals surface area contributed by atoms with Gasteiger partial charge in [-0.25, -0.2) is 0 Å². The highest BCUT2D eigenvalue weighted by Gasteiger charge is 2.42. The summed E-state index contributed by atoms with van der Waals surface area (Å²) in [6.07, 6.45) is 2.34. The van der Waals surface area contributed by atoms with Crippen molar-refractivity contribution in [1.29, 1.82) is 0 Å². The zero-order valence-electron chi connectivity index (χ0n) is 9.16. The van der Waals surface area contributed by atoms with Gasteiger partial charge in [-0.3, -0.25) is 4.79 Å². The van der Waals surface area contributed by atoms with Crippen LogP contribution in [0.25, 0.3) is 0 Å². The molecule has 0 aromatic rings. The number of carbonyl (C=O) groups is 1. The molecule has 2 fully saturated rings. The van der Waals surface area contributed by atoms with Crippen LogP contribution in [0.4, 0.5) is 0 Å². The van der Waals surface area contributed by atoms with Crippen molar-refractivity contribution in [2.45, 2.75) is 25.8 Å². The number of carbonyl (C=O) groups excluding carboxylic acids is 1. The van der Waals surface area contributed by atoms with Gasteiger partial charge in [0.05, 0.1) is 6.04 Å². The van der Waals surface area contributed by atoms with Crippen LogP contribution in [0.3, 0.4) is 0 Å².